The fourth-order valence-electron chi connectivity index (χ4n) is 2.97. The minimum Gasteiger partial charge on any atom is -0.357 e. The van der Waals surface area contributed by atoms with E-state index in [4.69, 9.17) is 0 Å². The van der Waals surface area contributed by atoms with Gasteiger partial charge in [0.15, 0.2) is 5.96 Å². The van der Waals surface area contributed by atoms with E-state index < -0.39 is 12.6 Å². The van der Waals surface area contributed by atoms with Crippen LogP contribution in [0.25, 0.3) is 0 Å². The van der Waals surface area contributed by atoms with Crippen LogP contribution in [0.1, 0.15) is 31.7 Å². The summed E-state index contributed by atoms with van der Waals surface area (Å²) in [6, 6.07) is 10.5. The fraction of sp³-hybridized carbons (Fsp3) is 0.611. The summed E-state index contributed by atoms with van der Waals surface area (Å²) in [6.45, 7) is 5.06. The van der Waals surface area contributed by atoms with E-state index in [2.05, 4.69) is 32.7 Å². The normalized spacial score (nSPS) is 19.7. The molecule has 0 radical (unpaired) electrons. The van der Waals surface area contributed by atoms with E-state index in [1.165, 1.54) is 5.56 Å². The summed E-state index contributed by atoms with van der Waals surface area (Å²) in [5, 5.41) is 6.32. The highest BCUT2D eigenvalue weighted by molar-refractivity contribution is 5.80. The topological polar surface area (TPSA) is 39.7 Å². The van der Waals surface area contributed by atoms with E-state index in [1.807, 2.05) is 25.1 Å². The van der Waals surface area contributed by atoms with Crippen LogP contribution in [-0.4, -0.2) is 49.3 Å². The van der Waals surface area contributed by atoms with Crippen molar-refractivity contribution >= 4 is 5.96 Å². The molecule has 1 aromatic carbocycles. The minimum absolute atomic E-state index is 0.196. The number of nitrogens with one attached hydrogen (secondary N) is 2. The lowest BCUT2D eigenvalue weighted by atomic mass is 10.0. The van der Waals surface area contributed by atoms with Gasteiger partial charge in [-0.25, -0.2) is 0 Å². The SMILES string of the molecule is CCNC(=NCCC(F)(F)F)NC1CCCN(Cc2ccccc2)C1. The molecule has 4 nitrogen and oxygen atoms in total. The van der Waals surface area contributed by atoms with Gasteiger partial charge in [-0.2, -0.15) is 13.2 Å². The van der Waals surface area contributed by atoms with E-state index >= 15 is 0 Å². The summed E-state index contributed by atoms with van der Waals surface area (Å²) in [6.07, 6.45) is -3.01. The average Bonchev–Trinajstić information content (AvgIpc) is 2.55. The second-order valence-electron chi connectivity index (χ2n) is 6.33. The Kier molecular flexibility index (Phi) is 7.55. The van der Waals surface area contributed by atoms with Gasteiger partial charge in [-0.05, 0) is 31.9 Å². The quantitative estimate of drug-likeness (QED) is 0.608. The number of hydrogen-bond donors (Lipinski definition) is 2. The van der Waals surface area contributed by atoms with E-state index in [-0.39, 0.29) is 12.6 Å². The number of halogens is 3. The summed E-state index contributed by atoms with van der Waals surface area (Å²) < 4.78 is 36.9. The molecule has 1 aliphatic rings. The number of hydrogen-bond acceptors (Lipinski definition) is 2. The van der Waals surface area contributed by atoms with Crippen LogP contribution in [0.2, 0.25) is 0 Å². The maximum Gasteiger partial charge on any atom is 0.390 e. The molecule has 0 bridgehead atoms. The van der Waals surface area contributed by atoms with Gasteiger partial charge in [0.2, 0.25) is 0 Å². The van der Waals surface area contributed by atoms with Crippen molar-refractivity contribution < 1.29 is 13.2 Å². The number of nitrogens with zero attached hydrogens (tertiary/aromatic N) is 2. The highest BCUT2D eigenvalue weighted by atomic mass is 19.4. The highest BCUT2D eigenvalue weighted by Crippen LogP contribution is 2.19. The number of guanidine groups is 1. The van der Waals surface area contributed by atoms with Crippen molar-refractivity contribution in [3.8, 4) is 0 Å². The Hall–Kier alpha value is -1.76. The van der Waals surface area contributed by atoms with Gasteiger partial charge in [0.1, 0.15) is 0 Å². The molecule has 1 atom stereocenters. The first-order valence-corrected chi connectivity index (χ1v) is 8.84. The summed E-state index contributed by atoms with van der Waals surface area (Å²) in [5.74, 6) is 0.471. The van der Waals surface area contributed by atoms with Crippen LogP contribution in [0.3, 0.4) is 0 Å². The second-order valence-corrected chi connectivity index (χ2v) is 6.33. The molecule has 1 unspecified atom stereocenters. The number of rotatable bonds is 6. The maximum absolute atomic E-state index is 12.3. The zero-order chi connectivity index (χ0) is 18.1. The van der Waals surface area contributed by atoms with Crippen LogP contribution in [-0.2, 0) is 6.54 Å². The molecule has 25 heavy (non-hydrogen) atoms. The van der Waals surface area contributed by atoms with Gasteiger partial charge in [0.05, 0.1) is 13.0 Å². The van der Waals surface area contributed by atoms with E-state index in [9.17, 15) is 13.2 Å². The van der Waals surface area contributed by atoms with Crippen LogP contribution in [0, 0.1) is 0 Å². The average molecular weight is 356 g/mol. The van der Waals surface area contributed by atoms with Gasteiger partial charge >= 0.3 is 6.18 Å². The van der Waals surface area contributed by atoms with E-state index in [1.54, 1.807) is 0 Å². The standard InChI is InChI=1S/C18H27F3N4/c1-2-22-17(23-11-10-18(19,20)21)24-16-9-6-12-25(14-16)13-15-7-4-3-5-8-15/h3-5,7-8,16H,2,6,9-14H2,1H3,(H2,22,23,24). The molecule has 2 N–H and O–H groups in total. The van der Waals surface area contributed by atoms with Crippen molar-refractivity contribution in [2.45, 2.75) is 44.9 Å². The van der Waals surface area contributed by atoms with Crippen LogP contribution < -0.4 is 10.6 Å². The molecule has 140 valence electrons. The van der Waals surface area contributed by atoms with E-state index in [0.717, 1.165) is 32.5 Å². The maximum atomic E-state index is 12.3. The van der Waals surface area contributed by atoms with Crippen molar-refractivity contribution in [2.24, 2.45) is 4.99 Å². The summed E-state index contributed by atoms with van der Waals surface area (Å²) in [7, 11) is 0. The molecular weight excluding hydrogens is 329 g/mol. The van der Waals surface area contributed by atoms with Crippen molar-refractivity contribution in [3.63, 3.8) is 0 Å². The van der Waals surface area contributed by atoms with Gasteiger partial charge in [-0.15, -0.1) is 0 Å². The van der Waals surface area contributed by atoms with Gasteiger partial charge < -0.3 is 10.6 Å². The predicted molar refractivity (Wildman–Crippen MR) is 94.5 cm³/mol. The molecule has 1 aromatic rings. The Morgan fingerprint density at radius 1 is 1.28 bits per heavy atom. The third-order valence-corrected chi connectivity index (χ3v) is 4.10. The highest BCUT2D eigenvalue weighted by Gasteiger charge is 2.26. The smallest absolute Gasteiger partial charge is 0.357 e. The number of likely N-dealkylation sites (tertiary alicyclic amines) is 1. The fourth-order valence-corrected chi connectivity index (χ4v) is 2.97. The first kappa shape index (κ1) is 19.6. The molecule has 0 spiro atoms. The zero-order valence-corrected chi connectivity index (χ0v) is 14.6. The molecule has 1 saturated heterocycles. The molecule has 2 rings (SSSR count). The Balaban J connectivity index is 1.86. The lowest BCUT2D eigenvalue weighted by Crippen LogP contribution is -2.51. The van der Waals surface area contributed by atoms with Crippen LogP contribution in [0.4, 0.5) is 13.2 Å². The second kappa shape index (κ2) is 9.65. The number of piperidine rings is 1. The first-order chi connectivity index (χ1) is 12.0. The molecule has 1 aliphatic heterocycles. The summed E-state index contributed by atoms with van der Waals surface area (Å²) >= 11 is 0. The zero-order valence-electron chi connectivity index (χ0n) is 14.6. The summed E-state index contributed by atoms with van der Waals surface area (Å²) in [5.41, 5.74) is 1.27. The largest absolute Gasteiger partial charge is 0.390 e. The van der Waals surface area contributed by atoms with Crippen molar-refractivity contribution in [1.82, 2.24) is 15.5 Å². The Morgan fingerprint density at radius 3 is 2.72 bits per heavy atom. The van der Waals surface area contributed by atoms with Gasteiger partial charge in [0.25, 0.3) is 0 Å². The lowest BCUT2D eigenvalue weighted by Gasteiger charge is -2.34. The monoisotopic (exact) mass is 356 g/mol. The minimum atomic E-state index is -4.17. The third-order valence-electron chi connectivity index (χ3n) is 4.10. The van der Waals surface area contributed by atoms with Crippen molar-refractivity contribution in [2.75, 3.05) is 26.2 Å². The molecule has 7 heteroatoms. The van der Waals surface area contributed by atoms with Crippen LogP contribution in [0.5, 0.6) is 0 Å². The Labute approximate surface area is 147 Å². The van der Waals surface area contributed by atoms with E-state index in [0.29, 0.717) is 12.5 Å². The number of alkyl halides is 3. The Morgan fingerprint density at radius 2 is 2.04 bits per heavy atom. The molecular formula is C18H27F3N4. The molecule has 0 aliphatic carbocycles. The van der Waals surface area contributed by atoms with Crippen LogP contribution in [0.15, 0.2) is 35.3 Å². The van der Waals surface area contributed by atoms with Crippen molar-refractivity contribution in [1.29, 1.82) is 0 Å². The predicted octanol–water partition coefficient (Wildman–Crippen LogP) is 3.16. The molecule has 1 heterocycles. The number of benzene rings is 1. The molecule has 0 saturated carbocycles. The Bertz CT molecular complexity index is 531. The van der Waals surface area contributed by atoms with Gasteiger partial charge in [-0.1, -0.05) is 30.3 Å². The first-order valence-electron chi connectivity index (χ1n) is 8.84. The molecule has 1 fully saturated rings. The summed E-state index contributed by atoms with van der Waals surface area (Å²) in [4.78, 5) is 6.43. The van der Waals surface area contributed by atoms with Gasteiger partial charge in [-0.3, -0.25) is 9.89 Å². The van der Waals surface area contributed by atoms with Gasteiger partial charge in [0, 0.05) is 25.7 Å². The molecule has 0 aromatic heterocycles. The third kappa shape index (κ3) is 7.77. The van der Waals surface area contributed by atoms with Crippen molar-refractivity contribution in [3.05, 3.63) is 35.9 Å². The number of aliphatic imine (C=N–C) groups is 1. The van der Waals surface area contributed by atoms with Crippen LogP contribution >= 0.6 is 0 Å². The lowest BCUT2D eigenvalue weighted by molar-refractivity contribution is -0.132. The molecule has 0 amide bonds.